The highest BCUT2D eigenvalue weighted by Crippen LogP contribution is 2.31. The second-order valence-electron chi connectivity index (χ2n) is 8.19. The number of furan rings is 1. The highest BCUT2D eigenvalue weighted by atomic mass is 19.1. The van der Waals surface area contributed by atoms with Crippen molar-refractivity contribution in [3.63, 3.8) is 0 Å². The summed E-state index contributed by atoms with van der Waals surface area (Å²) in [5, 5.41) is 4.32. The number of amides is 2. The molecule has 1 saturated heterocycles. The number of nitrogens with zero attached hydrogens (tertiary/aromatic N) is 2. The number of halogens is 1. The standard InChI is InChI=1S/C23H26FN3O3/c1-14-10-12-27(13-11-14)23(29)21-15(2)20-18(4-3-5-19(20)30-21)25-26-22(28)16-6-8-17(24)9-7-16/h6-9,14H,3-5,10-13H2,1-2H3,(H,26,28)/b25-18+. The van der Waals surface area contributed by atoms with Gasteiger partial charge in [0, 0.05) is 36.2 Å². The molecule has 2 aliphatic rings. The predicted molar refractivity (Wildman–Crippen MR) is 111 cm³/mol. The molecule has 1 aromatic heterocycles. The summed E-state index contributed by atoms with van der Waals surface area (Å²) in [6, 6.07) is 5.30. The maximum atomic E-state index is 13.1. The number of fused-ring (bicyclic) bond motifs is 1. The summed E-state index contributed by atoms with van der Waals surface area (Å²) in [4.78, 5) is 27.2. The Morgan fingerprint density at radius 1 is 1.17 bits per heavy atom. The molecule has 6 nitrogen and oxygen atoms in total. The van der Waals surface area contributed by atoms with Crippen LogP contribution in [0.15, 0.2) is 33.8 Å². The maximum absolute atomic E-state index is 13.1. The largest absolute Gasteiger partial charge is 0.455 e. The monoisotopic (exact) mass is 411 g/mol. The third-order valence-corrected chi connectivity index (χ3v) is 5.99. The minimum atomic E-state index is -0.408. The average molecular weight is 411 g/mol. The van der Waals surface area contributed by atoms with Crippen molar-refractivity contribution in [2.45, 2.75) is 46.0 Å². The van der Waals surface area contributed by atoms with Crippen LogP contribution in [0.3, 0.4) is 0 Å². The van der Waals surface area contributed by atoms with Gasteiger partial charge in [-0.15, -0.1) is 0 Å². The van der Waals surface area contributed by atoms with Gasteiger partial charge in [0.2, 0.25) is 0 Å². The van der Waals surface area contributed by atoms with Crippen LogP contribution in [0.4, 0.5) is 4.39 Å². The summed E-state index contributed by atoms with van der Waals surface area (Å²) in [5.41, 5.74) is 5.20. The van der Waals surface area contributed by atoms with Crippen molar-refractivity contribution in [2.75, 3.05) is 13.1 Å². The van der Waals surface area contributed by atoms with Gasteiger partial charge in [-0.3, -0.25) is 9.59 Å². The normalized spacial score (nSPS) is 18.4. The Kier molecular flexibility index (Phi) is 5.70. The molecule has 30 heavy (non-hydrogen) atoms. The van der Waals surface area contributed by atoms with Gasteiger partial charge in [-0.05, 0) is 62.8 Å². The fourth-order valence-electron chi connectivity index (χ4n) is 4.12. The highest BCUT2D eigenvalue weighted by Gasteiger charge is 2.31. The number of piperidine rings is 1. The lowest BCUT2D eigenvalue weighted by Crippen LogP contribution is -2.38. The molecule has 1 fully saturated rings. The van der Waals surface area contributed by atoms with Crippen LogP contribution < -0.4 is 5.43 Å². The summed E-state index contributed by atoms with van der Waals surface area (Å²) in [6.45, 7) is 5.59. The SMILES string of the molecule is Cc1c(C(=O)N2CCC(C)CC2)oc2c1/C(=N/NC(=O)c1ccc(F)cc1)CCC2. The molecule has 1 N–H and O–H groups in total. The number of carbonyl (C=O) groups excluding carboxylic acids is 2. The minimum absolute atomic E-state index is 0.0662. The Morgan fingerprint density at radius 3 is 2.57 bits per heavy atom. The fraction of sp³-hybridized carbons (Fsp3) is 0.435. The second-order valence-corrected chi connectivity index (χ2v) is 8.19. The number of carbonyl (C=O) groups is 2. The lowest BCUT2D eigenvalue weighted by Gasteiger charge is -2.29. The first-order valence-electron chi connectivity index (χ1n) is 10.5. The molecular formula is C23H26FN3O3. The van der Waals surface area contributed by atoms with Gasteiger partial charge < -0.3 is 9.32 Å². The molecule has 1 aromatic carbocycles. The number of rotatable bonds is 3. The summed E-state index contributed by atoms with van der Waals surface area (Å²) < 4.78 is 19.0. The zero-order valence-corrected chi connectivity index (χ0v) is 17.3. The first kappa shape index (κ1) is 20.3. The Balaban J connectivity index is 1.55. The molecule has 2 heterocycles. The van der Waals surface area contributed by atoms with Crippen molar-refractivity contribution < 1.29 is 18.4 Å². The van der Waals surface area contributed by atoms with E-state index >= 15 is 0 Å². The van der Waals surface area contributed by atoms with Crippen LogP contribution in [0.2, 0.25) is 0 Å². The van der Waals surface area contributed by atoms with Crippen molar-refractivity contribution in [3.05, 3.63) is 58.3 Å². The van der Waals surface area contributed by atoms with Crippen molar-refractivity contribution in [2.24, 2.45) is 11.0 Å². The highest BCUT2D eigenvalue weighted by molar-refractivity contribution is 6.07. The van der Waals surface area contributed by atoms with Gasteiger partial charge in [-0.1, -0.05) is 6.92 Å². The number of likely N-dealkylation sites (tertiary alicyclic amines) is 1. The van der Waals surface area contributed by atoms with Gasteiger partial charge in [0.25, 0.3) is 11.8 Å². The molecule has 2 aromatic rings. The van der Waals surface area contributed by atoms with E-state index in [1.165, 1.54) is 24.3 Å². The minimum Gasteiger partial charge on any atom is -0.455 e. The van der Waals surface area contributed by atoms with Gasteiger partial charge in [0.1, 0.15) is 11.6 Å². The van der Waals surface area contributed by atoms with Crippen LogP contribution >= 0.6 is 0 Å². The molecule has 158 valence electrons. The maximum Gasteiger partial charge on any atom is 0.289 e. The first-order valence-corrected chi connectivity index (χ1v) is 10.5. The van der Waals surface area contributed by atoms with Gasteiger partial charge >= 0.3 is 0 Å². The third-order valence-electron chi connectivity index (χ3n) is 5.99. The van der Waals surface area contributed by atoms with Crippen molar-refractivity contribution in [3.8, 4) is 0 Å². The van der Waals surface area contributed by atoms with E-state index in [1.807, 2.05) is 11.8 Å². The van der Waals surface area contributed by atoms with E-state index in [0.717, 1.165) is 55.7 Å². The lowest BCUT2D eigenvalue weighted by atomic mass is 9.93. The number of hydrogen-bond donors (Lipinski definition) is 1. The van der Waals surface area contributed by atoms with Crippen molar-refractivity contribution in [1.82, 2.24) is 10.3 Å². The molecule has 2 amide bonds. The van der Waals surface area contributed by atoms with Gasteiger partial charge in [0.15, 0.2) is 5.76 Å². The zero-order valence-electron chi connectivity index (χ0n) is 17.3. The van der Waals surface area contributed by atoms with Crippen molar-refractivity contribution in [1.29, 1.82) is 0 Å². The molecule has 0 radical (unpaired) electrons. The summed E-state index contributed by atoms with van der Waals surface area (Å²) in [5.74, 6) is 0.904. The molecule has 0 spiro atoms. The molecule has 0 saturated carbocycles. The molecule has 1 aliphatic carbocycles. The predicted octanol–water partition coefficient (Wildman–Crippen LogP) is 4.07. The number of aryl methyl sites for hydroxylation is 1. The summed E-state index contributed by atoms with van der Waals surface area (Å²) >= 11 is 0. The second kappa shape index (κ2) is 8.42. The molecule has 7 heteroatoms. The van der Waals surface area contributed by atoms with E-state index in [1.54, 1.807) is 0 Å². The van der Waals surface area contributed by atoms with E-state index in [0.29, 0.717) is 29.4 Å². The number of nitrogens with one attached hydrogen (secondary N) is 1. The first-order chi connectivity index (χ1) is 14.4. The van der Waals surface area contributed by atoms with Crippen LogP contribution in [-0.4, -0.2) is 35.5 Å². The van der Waals surface area contributed by atoms with Crippen molar-refractivity contribution >= 4 is 17.5 Å². The molecule has 0 bridgehead atoms. The molecule has 0 unspecified atom stereocenters. The van der Waals surface area contributed by atoms with E-state index in [4.69, 9.17) is 4.42 Å². The van der Waals surface area contributed by atoms with Crippen LogP contribution in [0.25, 0.3) is 0 Å². The summed E-state index contributed by atoms with van der Waals surface area (Å²) in [6.07, 6.45) is 4.28. The Labute approximate surface area is 175 Å². The lowest BCUT2D eigenvalue weighted by molar-refractivity contribution is 0.0662. The molecule has 4 rings (SSSR count). The number of benzene rings is 1. The number of hydrazone groups is 1. The average Bonchev–Trinajstić information content (AvgIpc) is 3.09. The van der Waals surface area contributed by atoms with E-state index in [9.17, 15) is 14.0 Å². The Morgan fingerprint density at radius 2 is 1.87 bits per heavy atom. The molecule has 0 atom stereocenters. The van der Waals surface area contributed by atoms with Crippen LogP contribution in [0.1, 0.15) is 70.4 Å². The Hall–Kier alpha value is -2.96. The van der Waals surface area contributed by atoms with Gasteiger partial charge in [-0.2, -0.15) is 5.10 Å². The number of hydrogen-bond acceptors (Lipinski definition) is 4. The Bertz CT molecular complexity index is 986. The van der Waals surface area contributed by atoms with Crippen LogP contribution in [-0.2, 0) is 6.42 Å². The molecule has 1 aliphatic heterocycles. The van der Waals surface area contributed by atoms with E-state index < -0.39 is 11.7 Å². The quantitative estimate of drug-likeness (QED) is 0.774. The topological polar surface area (TPSA) is 74.9 Å². The smallest absolute Gasteiger partial charge is 0.289 e. The van der Waals surface area contributed by atoms with E-state index in [2.05, 4.69) is 17.5 Å². The zero-order chi connectivity index (χ0) is 21.3. The van der Waals surface area contributed by atoms with E-state index in [-0.39, 0.29) is 5.91 Å². The third kappa shape index (κ3) is 4.01. The van der Waals surface area contributed by atoms with Gasteiger partial charge in [0.05, 0.1) is 5.71 Å². The molecular weight excluding hydrogens is 385 g/mol. The fourth-order valence-corrected chi connectivity index (χ4v) is 4.12. The van der Waals surface area contributed by atoms with Gasteiger partial charge in [-0.25, -0.2) is 9.82 Å². The van der Waals surface area contributed by atoms with Crippen LogP contribution in [0.5, 0.6) is 0 Å². The summed E-state index contributed by atoms with van der Waals surface area (Å²) in [7, 11) is 0. The van der Waals surface area contributed by atoms with Crippen LogP contribution in [0, 0.1) is 18.7 Å².